The number of para-hydroxylation sites is 3. The van der Waals surface area contributed by atoms with Gasteiger partial charge in [-0.05, 0) is 127 Å². The summed E-state index contributed by atoms with van der Waals surface area (Å²) in [5.41, 5.74) is 22.0. The lowest BCUT2D eigenvalue weighted by molar-refractivity contribution is 0.660. The van der Waals surface area contributed by atoms with Crippen molar-refractivity contribution in [3.05, 3.63) is 264 Å². The maximum Gasteiger partial charge on any atom is 0.0732 e. The second kappa shape index (κ2) is 13.8. The molecule has 0 bridgehead atoms. The summed E-state index contributed by atoms with van der Waals surface area (Å²) in [6, 6.07) is 85.7. The quantitative estimate of drug-likeness (QED) is 0.165. The van der Waals surface area contributed by atoms with Gasteiger partial charge in [-0.2, -0.15) is 0 Å². The summed E-state index contributed by atoms with van der Waals surface area (Å²) >= 11 is 0. The maximum atomic E-state index is 2.51. The van der Waals surface area contributed by atoms with Crippen LogP contribution in [0.5, 0.6) is 0 Å². The summed E-state index contributed by atoms with van der Waals surface area (Å²) in [5.74, 6) is 0. The zero-order chi connectivity index (χ0) is 42.6. The van der Waals surface area contributed by atoms with Crippen LogP contribution >= 0.6 is 0 Å². The van der Waals surface area contributed by atoms with Crippen molar-refractivity contribution in [2.24, 2.45) is 0 Å². The van der Waals surface area contributed by atoms with Gasteiger partial charge in [0.1, 0.15) is 0 Å². The van der Waals surface area contributed by atoms with Crippen molar-refractivity contribution in [3.63, 3.8) is 0 Å². The highest BCUT2D eigenvalue weighted by Gasteiger charge is 2.53. The molecule has 2 nitrogen and oxygen atoms in total. The van der Waals surface area contributed by atoms with E-state index in [1.54, 1.807) is 0 Å². The third-order valence-electron chi connectivity index (χ3n) is 14.4. The molecule has 10 aromatic carbocycles. The number of benzene rings is 10. The van der Waals surface area contributed by atoms with Gasteiger partial charge in [0.05, 0.1) is 16.8 Å². The Balaban J connectivity index is 1.10. The lowest BCUT2D eigenvalue weighted by Crippen LogP contribution is -2.26. The van der Waals surface area contributed by atoms with E-state index in [4.69, 9.17) is 0 Å². The molecule has 0 aliphatic heterocycles. The van der Waals surface area contributed by atoms with E-state index < -0.39 is 5.41 Å². The van der Waals surface area contributed by atoms with Crippen LogP contribution in [0, 0.1) is 0 Å². The predicted molar refractivity (Wildman–Crippen MR) is 267 cm³/mol. The van der Waals surface area contributed by atoms with Gasteiger partial charge in [0, 0.05) is 39.1 Å². The van der Waals surface area contributed by atoms with E-state index in [1.165, 1.54) is 83.2 Å². The van der Waals surface area contributed by atoms with Crippen LogP contribution in [0.25, 0.3) is 44.2 Å². The van der Waals surface area contributed by atoms with Crippen LogP contribution in [0.4, 0.5) is 34.1 Å². The molecule has 0 N–H and O–H groups in total. The SMILES string of the molecule is CC1(C)c2ccccc2-c2ccc(N(c3ccccc3)c3cccc4c3-c3ccccc3C43c4ccccc4-c4cc(N(c5ccccc5)c5ccccc5)c5ccccc5c43)cc21. The molecule has 1 atom stereocenters. The first-order valence-electron chi connectivity index (χ1n) is 22.4. The molecule has 1 spiro atoms. The molecule has 1 unspecified atom stereocenters. The van der Waals surface area contributed by atoms with Crippen molar-refractivity contribution in [1.29, 1.82) is 0 Å². The fourth-order valence-electron chi connectivity index (χ4n) is 11.8. The molecule has 0 saturated heterocycles. The highest BCUT2D eigenvalue weighted by Crippen LogP contribution is 2.67. The number of hydrogen-bond acceptors (Lipinski definition) is 2. The van der Waals surface area contributed by atoms with Crippen molar-refractivity contribution in [2.45, 2.75) is 24.7 Å². The number of fused-ring (bicyclic) bond motifs is 15. The topological polar surface area (TPSA) is 6.48 Å². The van der Waals surface area contributed by atoms with Gasteiger partial charge in [0.25, 0.3) is 0 Å². The van der Waals surface area contributed by atoms with Crippen LogP contribution < -0.4 is 9.80 Å². The molecule has 3 aliphatic rings. The molecule has 0 radical (unpaired) electrons. The Labute approximate surface area is 375 Å². The van der Waals surface area contributed by atoms with E-state index in [9.17, 15) is 0 Å². The largest absolute Gasteiger partial charge is 0.310 e. The van der Waals surface area contributed by atoms with Crippen molar-refractivity contribution >= 4 is 44.9 Å². The van der Waals surface area contributed by atoms with E-state index in [2.05, 4.69) is 254 Å². The molecule has 2 heteroatoms. The zero-order valence-electron chi connectivity index (χ0n) is 35.8. The second-order valence-electron chi connectivity index (χ2n) is 18.0. The van der Waals surface area contributed by atoms with E-state index in [-0.39, 0.29) is 5.41 Å². The smallest absolute Gasteiger partial charge is 0.0732 e. The fourth-order valence-corrected chi connectivity index (χ4v) is 11.8. The van der Waals surface area contributed by atoms with E-state index in [0.717, 1.165) is 28.4 Å². The van der Waals surface area contributed by atoms with Gasteiger partial charge >= 0.3 is 0 Å². The molecule has 0 amide bonds. The highest BCUT2D eigenvalue weighted by atomic mass is 15.2. The normalized spacial score (nSPS) is 15.5. The molecular weight excluding hydrogens is 773 g/mol. The average molecular weight is 817 g/mol. The van der Waals surface area contributed by atoms with Crippen LogP contribution in [0.2, 0.25) is 0 Å². The van der Waals surface area contributed by atoms with Crippen LogP contribution in [0.1, 0.15) is 47.2 Å². The van der Waals surface area contributed by atoms with Gasteiger partial charge < -0.3 is 9.80 Å². The maximum absolute atomic E-state index is 2.51. The van der Waals surface area contributed by atoms with Gasteiger partial charge in [-0.15, -0.1) is 0 Å². The Morgan fingerprint density at radius 2 is 0.766 bits per heavy atom. The molecule has 13 rings (SSSR count). The molecule has 0 fully saturated rings. The third-order valence-corrected chi connectivity index (χ3v) is 14.4. The first kappa shape index (κ1) is 36.7. The summed E-state index contributed by atoms with van der Waals surface area (Å²) in [6.45, 7) is 4.75. The minimum Gasteiger partial charge on any atom is -0.310 e. The molecule has 3 aliphatic carbocycles. The molecule has 10 aromatic rings. The van der Waals surface area contributed by atoms with Crippen molar-refractivity contribution in [3.8, 4) is 33.4 Å². The Morgan fingerprint density at radius 1 is 0.297 bits per heavy atom. The minimum atomic E-state index is -0.569. The summed E-state index contributed by atoms with van der Waals surface area (Å²) in [5, 5.41) is 2.48. The Bertz CT molecular complexity index is 3440. The first-order valence-corrected chi connectivity index (χ1v) is 22.4. The second-order valence-corrected chi connectivity index (χ2v) is 18.0. The first-order chi connectivity index (χ1) is 31.5. The minimum absolute atomic E-state index is 0.132. The predicted octanol–water partition coefficient (Wildman–Crippen LogP) is 16.4. The van der Waals surface area contributed by atoms with Crippen molar-refractivity contribution < 1.29 is 0 Å². The van der Waals surface area contributed by atoms with E-state index >= 15 is 0 Å². The van der Waals surface area contributed by atoms with Gasteiger partial charge in [0.2, 0.25) is 0 Å². The number of rotatable bonds is 6. The van der Waals surface area contributed by atoms with Gasteiger partial charge in [-0.1, -0.05) is 184 Å². The highest BCUT2D eigenvalue weighted by molar-refractivity contribution is 6.11. The van der Waals surface area contributed by atoms with E-state index in [1.807, 2.05) is 0 Å². The Hall–Kier alpha value is -7.94. The van der Waals surface area contributed by atoms with Gasteiger partial charge in [-0.25, -0.2) is 0 Å². The van der Waals surface area contributed by atoms with Crippen LogP contribution in [0.15, 0.2) is 231 Å². The van der Waals surface area contributed by atoms with Crippen LogP contribution in [-0.2, 0) is 10.8 Å². The summed E-state index contributed by atoms with van der Waals surface area (Å²) in [6.07, 6.45) is 0. The Kier molecular flexibility index (Phi) is 7.90. The zero-order valence-corrected chi connectivity index (χ0v) is 35.8. The molecule has 0 saturated carbocycles. The summed E-state index contributed by atoms with van der Waals surface area (Å²) < 4.78 is 0. The van der Waals surface area contributed by atoms with Crippen molar-refractivity contribution in [1.82, 2.24) is 0 Å². The summed E-state index contributed by atoms with van der Waals surface area (Å²) in [4.78, 5) is 4.94. The standard InChI is InChI=1S/C62H44N2/c1-61(2)52-32-17-14-27-45(52)47-38-37-44(39-56(47)61)64(43-25-10-5-11-26-43)57-36-20-35-55-59(57)50-31-16-19-34-54(50)62(55)53-33-18-15-28-46(53)51-40-58(48-29-12-13-30-49(48)60(51)62)63(41-21-6-3-7-22-41)42-23-8-4-9-24-42/h3-40H,1-2H3. The third kappa shape index (κ3) is 4.97. The average Bonchev–Trinajstić information content (AvgIpc) is 3.91. The number of hydrogen-bond donors (Lipinski definition) is 0. The van der Waals surface area contributed by atoms with Crippen LogP contribution in [-0.4, -0.2) is 0 Å². The van der Waals surface area contributed by atoms with Crippen molar-refractivity contribution in [2.75, 3.05) is 9.80 Å². The molecule has 0 aromatic heterocycles. The van der Waals surface area contributed by atoms with Gasteiger partial charge in [0.15, 0.2) is 0 Å². The molecule has 64 heavy (non-hydrogen) atoms. The molecule has 0 heterocycles. The van der Waals surface area contributed by atoms with Crippen LogP contribution in [0.3, 0.4) is 0 Å². The fraction of sp³-hybridized carbons (Fsp3) is 0.0645. The van der Waals surface area contributed by atoms with Gasteiger partial charge in [-0.3, -0.25) is 0 Å². The molecular formula is C62H44N2. The molecule has 302 valence electrons. The Morgan fingerprint density at radius 3 is 1.41 bits per heavy atom. The number of nitrogens with zero attached hydrogens (tertiary/aromatic N) is 2. The lowest BCUT2D eigenvalue weighted by atomic mass is 9.69. The number of anilines is 6. The summed E-state index contributed by atoms with van der Waals surface area (Å²) in [7, 11) is 0. The lowest BCUT2D eigenvalue weighted by Gasteiger charge is -2.34. The monoisotopic (exact) mass is 816 g/mol. The van der Waals surface area contributed by atoms with E-state index in [0.29, 0.717) is 0 Å².